The first-order chi connectivity index (χ1) is 19.4. The van der Waals surface area contributed by atoms with Crippen molar-refractivity contribution in [2.45, 2.75) is 88.5 Å². The summed E-state index contributed by atoms with van der Waals surface area (Å²) in [5.74, 6) is -5.14. The Kier molecular flexibility index (Phi) is 8.14. The highest BCUT2D eigenvalue weighted by Gasteiger charge is 2.75. The number of anilines is 1. The van der Waals surface area contributed by atoms with E-state index in [1.807, 2.05) is 0 Å². The lowest BCUT2D eigenvalue weighted by Gasteiger charge is -2.58. The fourth-order valence-corrected chi connectivity index (χ4v) is 7.38. The number of carbonyl (C=O) groups excluding carboxylic acids is 5. The summed E-state index contributed by atoms with van der Waals surface area (Å²) in [7, 11) is -1.82. The quantitative estimate of drug-likeness (QED) is 0.137. The highest BCUT2D eigenvalue weighted by Crippen LogP contribution is 2.51. The number of thiazole rings is 1. The number of nitrogens with two attached hydrogens (primary N) is 1. The van der Waals surface area contributed by atoms with E-state index in [9.17, 15) is 28.2 Å². The molecule has 0 bridgehead atoms. The molecule has 0 radical (unpaired) electrons. The van der Waals surface area contributed by atoms with Crippen LogP contribution in [0.1, 0.15) is 60.6 Å². The van der Waals surface area contributed by atoms with Crippen molar-refractivity contribution in [1.82, 2.24) is 15.2 Å². The SMILES string of the molecule is C[C@@H]1[C@@H]2CC(=O)O[C@]2(C(=O)OC(C)(C)C)N2C(=O)[C@@H](NC(=O)/C(=N\OCC(=O)OC(C)(C)C)c3csc(N)n3)[C@H]2S1=O. The summed E-state index contributed by atoms with van der Waals surface area (Å²) in [6.07, 6.45) is -0.239. The van der Waals surface area contributed by atoms with Gasteiger partial charge in [-0.25, -0.2) is 14.6 Å². The molecule has 230 valence electrons. The van der Waals surface area contributed by atoms with Crippen LogP contribution in [-0.4, -0.2) is 89.7 Å². The van der Waals surface area contributed by atoms with Gasteiger partial charge in [0.05, 0.1) is 23.1 Å². The van der Waals surface area contributed by atoms with Gasteiger partial charge in [0, 0.05) is 10.6 Å². The lowest BCUT2D eigenvalue weighted by molar-refractivity contribution is -0.227. The second-order valence-corrected chi connectivity index (χ2v) is 14.7. The molecular formula is C25H33N5O10S2. The molecule has 3 aliphatic rings. The molecule has 42 heavy (non-hydrogen) atoms. The van der Waals surface area contributed by atoms with Gasteiger partial charge in [0.25, 0.3) is 17.5 Å². The minimum Gasteiger partial charge on any atom is -0.457 e. The van der Waals surface area contributed by atoms with Crippen molar-refractivity contribution in [3.8, 4) is 0 Å². The number of fused-ring (bicyclic) bond motifs is 3. The lowest BCUT2D eigenvalue weighted by Crippen LogP contribution is -2.84. The smallest absolute Gasteiger partial charge is 0.373 e. The molecule has 4 heterocycles. The first-order valence-electron chi connectivity index (χ1n) is 13.0. The molecular weight excluding hydrogens is 594 g/mol. The average Bonchev–Trinajstić information content (AvgIpc) is 3.43. The van der Waals surface area contributed by atoms with Crippen LogP contribution in [0.5, 0.6) is 0 Å². The second kappa shape index (κ2) is 10.9. The fourth-order valence-electron chi connectivity index (χ4n) is 4.86. The Labute approximate surface area is 247 Å². The number of β-lactam (4-membered cyclic amide) rings is 1. The highest BCUT2D eigenvalue weighted by atomic mass is 32.2. The van der Waals surface area contributed by atoms with E-state index in [4.69, 9.17) is 24.8 Å². The summed E-state index contributed by atoms with van der Waals surface area (Å²) in [6, 6.07) is -1.38. The first kappa shape index (κ1) is 31.3. The van der Waals surface area contributed by atoms with Gasteiger partial charge in [-0.3, -0.25) is 23.5 Å². The summed E-state index contributed by atoms with van der Waals surface area (Å²) in [5.41, 5.74) is 1.40. The number of oxime groups is 1. The van der Waals surface area contributed by atoms with Crippen LogP contribution in [0.2, 0.25) is 0 Å². The molecule has 15 nitrogen and oxygen atoms in total. The Hall–Kier alpha value is -3.60. The number of nitrogens with zero attached hydrogens (tertiary/aromatic N) is 3. The summed E-state index contributed by atoms with van der Waals surface area (Å²) >= 11 is 1.01. The number of carbonyl (C=O) groups is 5. The average molecular weight is 628 g/mol. The van der Waals surface area contributed by atoms with Crippen LogP contribution in [0.4, 0.5) is 5.13 Å². The molecule has 3 aliphatic heterocycles. The molecule has 1 unspecified atom stereocenters. The molecule has 0 spiro atoms. The Morgan fingerprint density at radius 2 is 1.86 bits per heavy atom. The Bertz CT molecular complexity index is 1380. The van der Waals surface area contributed by atoms with E-state index in [1.54, 1.807) is 48.5 Å². The third-order valence-corrected chi connectivity index (χ3v) is 9.14. The molecule has 17 heteroatoms. The Morgan fingerprint density at radius 3 is 2.43 bits per heavy atom. The van der Waals surface area contributed by atoms with Gasteiger partial charge in [0.15, 0.2) is 10.8 Å². The van der Waals surface area contributed by atoms with E-state index in [0.717, 1.165) is 16.2 Å². The number of rotatable bonds is 7. The molecule has 3 N–H and O–H groups in total. The predicted molar refractivity (Wildman–Crippen MR) is 148 cm³/mol. The van der Waals surface area contributed by atoms with Gasteiger partial charge in [-0.2, -0.15) is 0 Å². The highest BCUT2D eigenvalue weighted by molar-refractivity contribution is 7.86. The third kappa shape index (κ3) is 5.84. The molecule has 3 fully saturated rings. The zero-order chi connectivity index (χ0) is 31.4. The number of esters is 3. The minimum atomic E-state index is -2.13. The topological polar surface area (TPSA) is 206 Å². The molecule has 1 aromatic rings. The van der Waals surface area contributed by atoms with E-state index in [0.29, 0.717) is 0 Å². The second-order valence-electron chi connectivity index (χ2n) is 11.9. The van der Waals surface area contributed by atoms with Gasteiger partial charge in [-0.05, 0) is 41.5 Å². The predicted octanol–water partition coefficient (Wildman–Crippen LogP) is 0.193. The number of amides is 2. The first-order valence-corrected chi connectivity index (χ1v) is 15.1. The maximum absolute atomic E-state index is 13.5. The van der Waals surface area contributed by atoms with Gasteiger partial charge in [0.1, 0.15) is 28.3 Å². The minimum absolute atomic E-state index is 0.00374. The van der Waals surface area contributed by atoms with Crippen LogP contribution in [0, 0.1) is 5.92 Å². The lowest BCUT2D eigenvalue weighted by atomic mass is 9.86. The fraction of sp³-hybridized carbons (Fsp3) is 0.640. The Morgan fingerprint density at radius 1 is 1.21 bits per heavy atom. The molecule has 0 aliphatic carbocycles. The van der Waals surface area contributed by atoms with E-state index in [1.165, 1.54) is 5.38 Å². The number of hydrogen-bond acceptors (Lipinski definition) is 14. The van der Waals surface area contributed by atoms with Gasteiger partial charge in [-0.15, -0.1) is 11.3 Å². The molecule has 4 rings (SSSR count). The normalized spacial score (nSPS) is 29.1. The van der Waals surface area contributed by atoms with Crippen LogP contribution in [-0.2, 0) is 53.8 Å². The van der Waals surface area contributed by atoms with Crippen LogP contribution < -0.4 is 11.1 Å². The van der Waals surface area contributed by atoms with Gasteiger partial charge < -0.3 is 30.1 Å². The van der Waals surface area contributed by atoms with E-state index in [-0.39, 0.29) is 17.2 Å². The van der Waals surface area contributed by atoms with Crippen molar-refractivity contribution in [3.05, 3.63) is 11.1 Å². The standard InChI is InChI=1S/C25H33N5O10S2/c1-11-12-8-14(31)39-25(12,21(35)40-24(5,6)7)30-19(34)17(20(30)42(11)36)28-18(33)16(13-10-41-22(26)27-13)29-37-9-15(32)38-23(2,3)4/h10-12,17,20H,8-9H2,1-7H3,(H2,26,27)(H,28,33)/b29-16-/t11-,12+,17-,20-,25-,42?/m1/s1. The number of nitrogen functional groups attached to an aromatic ring is 1. The maximum Gasteiger partial charge on any atom is 0.373 e. The van der Waals surface area contributed by atoms with Gasteiger partial charge in [-0.1, -0.05) is 12.1 Å². The summed E-state index contributed by atoms with van der Waals surface area (Å²) < 4.78 is 29.7. The van der Waals surface area contributed by atoms with Crippen molar-refractivity contribution in [2.24, 2.45) is 11.1 Å². The van der Waals surface area contributed by atoms with Crippen LogP contribution in [0.25, 0.3) is 0 Å². The number of ether oxygens (including phenoxy) is 3. The van der Waals surface area contributed by atoms with Crippen LogP contribution in [0.3, 0.4) is 0 Å². The zero-order valence-corrected chi connectivity index (χ0v) is 25.8. The summed E-state index contributed by atoms with van der Waals surface area (Å²) in [4.78, 5) is 74.9. The number of nitrogens with one attached hydrogen (secondary N) is 1. The number of hydrogen-bond donors (Lipinski definition) is 2. The zero-order valence-electron chi connectivity index (χ0n) is 24.1. The van der Waals surface area contributed by atoms with Crippen molar-refractivity contribution in [3.63, 3.8) is 0 Å². The molecule has 1 aromatic heterocycles. The molecule has 6 atom stereocenters. The number of aromatic nitrogens is 1. The largest absolute Gasteiger partial charge is 0.457 e. The van der Waals surface area contributed by atoms with E-state index in [2.05, 4.69) is 15.5 Å². The summed E-state index contributed by atoms with van der Waals surface area (Å²) in [5, 5.41) is 5.75. The maximum atomic E-state index is 13.5. The van der Waals surface area contributed by atoms with Gasteiger partial charge >= 0.3 is 17.9 Å². The van der Waals surface area contributed by atoms with Crippen LogP contribution in [0.15, 0.2) is 10.5 Å². The molecule has 3 saturated heterocycles. The molecule has 0 aromatic carbocycles. The monoisotopic (exact) mass is 627 g/mol. The van der Waals surface area contributed by atoms with Crippen molar-refractivity contribution in [2.75, 3.05) is 12.3 Å². The van der Waals surface area contributed by atoms with E-state index < -0.39 is 92.4 Å². The molecule has 2 amide bonds. The van der Waals surface area contributed by atoms with E-state index >= 15 is 0 Å². The van der Waals surface area contributed by atoms with Crippen molar-refractivity contribution < 1.29 is 47.2 Å². The third-order valence-electron chi connectivity index (χ3n) is 6.45. The van der Waals surface area contributed by atoms with Gasteiger partial charge in [0.2, 0.25) is 6.61 Å². The Balaban J connectivity index is 1.60. The molecule has 0 saturated carbocycles. The van der Waals surface area contributed by atoms with Crippen molar-refractivity contribution in [1.29, 1.82) is 0 Å². The van der Waals surface area contributed by atoms with Crippen molar-refractivity contribution >= 4 is 62.7 Å². The van der Waals surface area contributed by atoms with Crippen LogP contribution >= 0.6 is 11.3 Å². The summed E-state index contributed by atoms with van der Waals surface area (Å²) in [6.45, 7) is 10.8.